The molecule has 3 nitrogen and oxygen atoms in total. The van der Waals surface area contributed by atoms with Crippen LogP contribution in [0.25, 0.3) is 5.69 Å². The van der Waals surface area contributed by atoms with Crippen LogP contribution in [0.4, 0.5) is 0 Å². The van der Waals surface area contributed by atoms with Crippen molar-refractivity contribution in [2.24, 2.45) is 0 Å². The third-order valence-electron chi connectivity index (χ3n) is 3.23. The third-order valence-corrected chi connectivity index (χ3v) is 3.23. The van der Waals surface area contributed by atoms with Crippen molar-refractivity contribution in [2.75, 3.05) is 0 Å². The van der Waals surface area contributed by atoms with E-state index >= 15 is 0 Å². The summed E-state index contributed by atoms with van der Waals surface area (Å²) in [5.74, 6) is 1.11. The Kier molecular flexibility index (Phi) is 4.38. The Bertz CT molecular complexity index is 541. The van der Waals surface area contributed by atoms with Crippen LogP contribution in [-0.2, 0) is 13.0 Å². The summed E-state index contributed by atoms with van der Waals surface area (Å²) in [6, 6.07) is 7.09. The topological polar surface area (TPSA) is 29.9 Å². The number of benzene rings is 1. The first-order valence-corrected chi connectivity index (χ1v) is 6.97. The van der Waals surface area contributed by atoms with Gasteiger partial charge >= 0.3 is 0 Å². The summed E-state index contributed by atoms with van der Waals surface area (Å²) >= 11 is 0. The van der Waals surface area contributed by atoms with Gasteiger partial charge in [-0.25, -0.2) is 4.98 Å². The average molecular weight is 257 g/mol. The van der Waals surface area contributed by atoms with Crippen LogP contribution in [0, 0.1) is 6.92 Å². The van der Waals surface area contributed by atoms with Gasteiger partial charge in [0.05, 0.1) is 5.69 Å². The number of aromatic nitrogens is 2. The number of aryl methyl sites for hydroxylation is 2. The van der Waals surface area contributed by atoms with Gasteiger partial charge in [0.2, 0.25) is 0 Å². The largest absolute Gasteiger partial charge is 0.310 e. The molecule has 0 atom stereocenters. The molecule has 0 spiro atoms. The van der Waals surface area contributed by atoms with Gasteiger partial charge < -0.3 is 9.88 Å². The molecule has 1 heterocycles. The predicted molar refractivity (Wildman–Crippen MR) is 79.7 cm³/mol. The highest BCUT2D eigenvalue weighted by Crippen LogP contribution is 2.18. The lowest BCUT2D eigenvalue weighted by molar-refractivity contribution is 0.587. The quantitative estimate of drug-likeness (QED) is 0.891. The van der Waals surface area contributed by atoms with Gasteiger partial charge in [0, 0.05) is 31.4 Å². The van der Waals surface area contributed by atoms with Crippen LogP contribution in [0.2, 0.25) is 0 Å². The van der Waals surface area contributed by atoms with Crippen LogP contribution in [0.5, 0.6) is 0 Å². The van der Waals surface area contributed by atoms with Crippen LogP contribution < -0.4 is 5.32 Å². The summed E-state index contributed by atoms with van der Waals surface area (Å²) in [5.41, 5.74) is 3.84. The molecule has 0 aliphatic heterocycles. The lowest BCUT2D eigenvalue weighted by Crippen LogP contribution is -2.22. The highest BCUT2D eigenvalue weighted by molar-refractivity contribution is 5.44. The van der Waals surface area contributed by atoms with Crippen molar-refractivity contribution < 1.29 is 0 Å². The Labute approximate surface area is 115 Å². The van der Waals surface area contributed by atoms with E-state index in [2.05, 4.69) is 60.8 Å². The molecule has 0 unspecified atom stereocenters. The molecule has 0 saturated carbocycles. The summed E-state index contributed by atoms with van der Waals surface area (Å²) in [7, 11) is 0. The van der Waals surface area contributed by atoms with Crippen LogP contribution in [0.3, 0.4) is 0 Å². The second kappa shape index (κ2) is 6.02. The molecule has 1 aromatic heterocycles. The lowest BCUT2D eigenvalue weighted by Gasteiger charge is -2.15. The fraction of sp³-hybridized carbons (Fsp3) is 0.438. The molecule has 2 rings (SSSR count). The van der Waals surface area contributed by atoms with Crippen molar-refractivity contribution >= 4 is 0 Å². The van der Waals surface area contributed by atoms with Gasteiger partial charge in [-0.2, -0.15) is 0 Å². The second-order valence-corrected chi connectivity index (χ2v) is 5.23. The molecule has 0 bridgehead atoms. The summed E-state index contributed by atoms with van der Waals surface area (Å²) < 4.78 is 2.19. The van der Waals surface area contributed by atoms with E-state index in [4.69, 9.17) is 0 Å². The van der Waals surface area contributed by atoms with Crippen molar-refractivity contribution in [3.63, 3.8) is 0 Å². The molecule has 102 valence electrons. The molecule has 3 heteroatoms. The van der Waals surface area contributed by atoms with Crippen molar-refractivity contribution in [2.45, 2.75) is 46.7 Å². The summed E-state index contributed by atoms with van der Waals surface area (Å²) in [6.45, 7) is 9.50. The monoisotopic (exact) mass is 257 g/mol. The average Bonchev–Trinajstić information content (AvgIpc) is 2.84. The summed E-state index contributed by atoms with van der Waals surface area (Å²) in [6.07, 6.45) is 4.86. The number of hydrogen-bond acceptors (Lipinski definition) is 2. The number of hydrogen-bond donors (Lipinski definition) is 1. The van der Waals surface area contributed by atoms with Crippen molar-refractivity contribution in [3.05, 3.63) is 47.5 Å². The zero-order valence-corrected chi connectivity index (χ0v) is 12.3. The smallest absolute Gasteiger partial charge is 0.112 e. The maximum absolute atomic E-state index is 4.41. The molecule has 2 aromatic rings. The number of nitrogens with one attached hydrogen (secondary N) is 1. The SMILES string of the molecule is CCc1nccn1-c1ccc(C)cc1CNC(C)C. The fourth-order valence-corrected chi connectivity index (χ4v) is 2.22. The van der Waals surface area contributed by atoms with Gasteiger partial charge in [0.25, 0.3) is 0 Å². The van der Waals surface area contributed by atoms with Gasteiger partial charge in [0.1, 0.15) is 5.82 Å². The van der Waals surface area contributed by atoms with E-state index in [0.29, 0.717) is 6.04 Å². The minimum absolute atomic E-state index is 0.488. The first-order valence-electron chi connectivity index (χ1n) is 6.97. The molecule has 0 radical (unpaired) electrons. The molecular weight excluding hydrogens is 234 g/mol. The van der Waals surface area contributed by atoms with Gasteiger partial charge in [-0.05, 0) is 18.6 Å². The molecule has 0 amide bonds. The first kappa shape index (κ1) is 13.8. The maximum atomic E-state index is 4.41. The Morgan fingerprint density at radius 1 is 1.32 bits per heavy atom. The summed E-state index contributed by atoms with van der Waals surface area (Å²) in [5, 5.41) is 3.50. The third kappa shape index (κ3) is 3.24. The van der Waals surface area contributed by atoms with E-state index in [9.17, 15) is 0 Å². The zero-order chi connectivity index (χ0) is 13.8. The first-order chi connectivity index (χ1) is 9.11. The Hall–Kier alpha value is -1.61. The number of rotatable bonds is 5. The molecule has 19 heavy (non-hydrogen) atoms. The van der Waals surface area contributed by atoms with Gasteiger partial charge in [-0.3, -0.25) is 0 Å². The zero-order valence-electron chi connectivity index (χ0n) is 12.3. The molecule has 0 saturated heterocycles. The van der Waals surface area contributed by atoms with Crippen LogP contribution in [-0.4, -0.2) is 15.6 Å². The predicted octanol–water partition coefficient (Wildman–Crippen LogP) is 3.24. The molecular formula is C16H23N3. The van der Waals surface area contributed by atoms with E-state index in [0.717, 1.165) is 18.8 Å². The molecule has 0 fully saturated rings. The van der Waals surface area contributed by atoms with E-state index in [1.165, 1.54) is 16.8 Å². The molecule has 1 N–H and O–H groups in total. The Morgan fingerprint density at radius 2 is 2.11 bits per heavy atom. The maximum Gasteiger partial charge on any atom is 0.112 e. The Morgan fingerprint density at radius 3 is 2.79 bits per heavy atom. The van der Waals surface area contributed by atoms with Crippen LogP contribution >= 0.6 is 0 Å². The Balaban J connectivity index is 2.39. The fourth-order valence-electron chi connectivity index (χ4n) is 2.22. The van der Waals surface area contributed by atoms with Gasteiger partial charge in [-0.1, -0.05) is 38.5 Å². The normalized spacial score (nSPS) is 11.2. The van der Waals surface area contributed by atoms with Crippen LogP contribution in [0.15, 0.2) is 30.6 Å². The van der Waals surface area contributed by atoms with Gasteiger partial charge in [0.15, 0.2) is 0 Å². The van der Waals surface area contributed by atoms with Gasteiger partial charge in [-0.15, -0.1) is 0 Å². The molecule has 0 aliphatic rings. The van der Waals surface area contributed by atoms with E-state index in [1.807, 2.05) is 12.4 Å². The van der Waals surface area contributed by atoms with E-state index < -0.39 is 0 Å². The van der Waals surface area contributed by atoms with Crippen molar-refractivity contribution in [3.8, 4) is 5.69 Å². The highest BCUT2D eigenvalue weighted by atomic mass is 15.1. The van der Waals surface area contributed by atoms with E-state index in [-0.39, 0.29) is 0 Å². The summed E-state index contributed by atoms with van der Waals surface area (Å²) in [4.78, 5) is 4.41. The minimum atomic E-state index is 0.488. The van der Waals surface area contributed by atoms with Crippen molar-refractivity contribution in [1.82, 2.24) is 14.9 Å². The standard InChI is InChI=1S/C16H23N3/c1-5-16-17-8-9-19(16)15-7-6-13(4)10-14(15)11-18-12(2)3/h6-10,12,18H,5,11H2,1-4H3. The lowest BCUT2D eigenvalue weighted by atomic mass is 10.1. The number of nitrogens with zero attached hydrogens (tertiary/aromatic N) is 2. The second-order valence-electron chi connectivity index (χ2n) is 5.23. The minimum Gasteiger partial charge on any atom is -0.310 e. The van der Waals surface area contributed by atoms with E-state index in [1.54, 1.807) is 0 Å². The van der Waals surface area contributed by atoms with Crippen molar-refractivity contribution in [1.29, 1.82) is 0 Å². The highest BCUT2D eigenvalue weighted by Gasteiger charge is 2.09. The van der Waals surface area contributed by atoms with Crippen LogP contribution in [0.1, 0.15) is 37.7 Å². The molecule has 1 aromatic carbocycles. The number of imidazole rings is 1. The molecule has 0 aliphatic carbocycles.